The van der Waals surface area contributed by atoms with Crippen molar-refractivity contribution in [3.8, 4) is 11.5 Å². The van der Waals surface area contributed by atoms with Gasteiger partial charge in [-0.3, -0.25) is 4.79 Å². The van der Waals surface area contributed by atoms with Crippen LogP contribution >= 0.6 is 0 Å². The van der Waals surface area contributed by atoms with Crippen LogP contribution in [0.25, 0.3) is 0 Å². The molecule has 4 heteroatoms. The number of nitrogens with zero attached hydrogens (tertiary/aromatic N) is 1. The topological polar surface area (TPSA) is 49.8 Å². The fourth-order valence-electron chi connectivity index (χ4n) is 1.38. The van der Waals surface area contributed by atoms with Crippen LogP contribution in [0.3, 0.4) is 0 Å². The Hall–Kier alpha value is -1.55. The van der Waals surface area contributed by atoms with E-state index < -0.39 is 0 Å². The van der Waals surface area contributed by atoms with Crippen molar-refractivity contribution >= 4 is 5.78 Å². The molecular formula is C12H17NO3. The molecule has 1 rings (SSSR count). The van der Waals surface area contributed by atoms with Crippen LogP contribution in [0.2, 0.25) is 0 Å². The van der Waals surface area contributed by atoms with Gasteiger partial charge in [-0.15, -0.1) is 0 Å². The van der Waals surface area contributed by atoms with E-state index in [1.807, 2.05) is 21.0 Å². The van der Waals surface area contributed by atoms with Gasteiger partial charge < -0.3 is 14.7 Å². The molecule has 1 N–H and O–H groups in total. The highest BCUT2D eigenvalue weighted by Gasteiger charge is 2.12. The van der Waals surface area contributed by atoms with E-state index in [2.05, 4.69) is 0 Å². The molecule has 0 radical (unpaired) electrons. The van der Waals surface area contributed by atoms with E-state index in [1.165, 1.54) is 6.07 Å². The van der Waals surface area contributed by atoms with Gasteiger partial charge in [0.25, 0.3) is 0 Å². The van der Waals surface area contributed by atoms with Gasteiger partial charge in [-0.05, 0) is 33.2 Å². The second-order valence-corrected chi connectivity index (χ2v) is 3.77. The summed E-state index contributed by atoms with van der Waals surface area (Å²) in [7, 11) is 3.62. The maximum absolute atomic E-state index is 11.7. The van der Waals surface area contributed by atoms with Crippen LogP contribution in [0.4, 0.5) is 0 Å². The molecule has 1 aromatic carbocycles. The highest BCUT2D eigenvalue weighted by molar-refractivity contribution is 6.00. The molecule has 0 aromatic heterocycles. The van der Waals surface area contributed by atoms with Gasteiger partial charge in [0.05, 0.1) is 18.7 Å². The summed E-state index contributed by atoms with van der Waals surface area (Å²) in [5.74, 6) is 0.435. The Morgan fingerprint density at radius 3 is 2.62 bits per heavy atom. The average Bonchev–Trinajstić information content (AvgIpc) is 2.16. The van der Waals surface area contributed by atoms with Crippen molar-refractivity contribution in [1.29, 1.82) is 0 Å². The van der Waals surface area contributed by atoms with Crippen molar-refractivity contribution in [2.45, 2.75) is 6.92 Å². The molecule has 0 saturated heterocycles. The lowest BCUT2D eigenvalue weighted by molar-refractivity contribution is 0.0955. The second kappa shape index (κ2) is 5.51. The Morgan fingerprint density at radius 1 is 1.44 bits per heavy atom. The zero-order valence-corrected chi connectivity index (χ0v) is 9.86. The molecule has 0 bridgehead atoms. The van der Waals surface area contributed by atoms with Gasteiger partial charge in [-0.1, -0.05) is 0 Å². The van der Waals surface area contributed by atoms with Crippen LogP contribution in [0.15, 0.2) is 18.2 Å². The Morgan fingerprint density at radius 2 is 2.12 bits per heavy atom. The molecular weight excluding hydrogens is 206 g/mol. The summed E-state index contributed by atoms with van der Waals surface area (Å²) in [6.07, 6.45) is 0. The number of hydrogen-bond acceptors (Lipinski definition) is 4. The highest BCUT2D eigenvalue weighted by Crippen LogP contribution is 2.24. The quantitative estimate of drug-likeness (QED) is 0.769. The molecule has 0 saturated carbocycles. The standard InChI is InChI=1S/C12H17NO3/c1-4-16-9-5-6-10(11(14)7-9)12(15)8-13(2)3/h5-7,14H,4,8H2,1-3H3. The molecule has 4 nitrogen and oxygen atoms in total. The molecule has 1 aromatic rings. The van der Waals surface area contributed by atoms with E-state index in [9.17, 15) is 9.90 Å². The molecule has 0 aliphatic heterocycles. The first-order chi connectivity index (χ1) is 7.54. The highest BCUT2D eigenvalue weighted by atomic mass is 16.5. The first kappa shape index (κ1) is 12.5. The predicted molar refractivity (Wildman–Crippen MR) is 62.2 cm³/mol. The third-order valence-corrected chi connectivity index (χ3v) is 2.04. The average molecular weight is 223 g/mol. The molecule has 16 heavy (non-hydrogen) atoms. The second-order valence-electron chi connectivity index (χ2n) is 3.77. The zero-order valence-electron chi connectivity index (χ0n) is 9.86. The fraction of sp³-hybridized carbons (Fsp3) is 0.417. The number of Topliss-reactive ketones (excluding diaryl/α,β-unsaturated/α-hetero) is 1. The lowest BCUT2D eigenvalue weighted by atomic mass is 10.1. The summed E-state index contributed by atoms with van der Waals surface area (Å²) in [4.78, 5) is 13.5. The molecule has 0 aliphatic rings. The number of phenols is 1. The molecule has 0 spiro atoms. The fourth-order valence-corrected chi connectivity index (χ4v) is 1.38. The third-order valence-electron chi connectivity index (χ3n) is 2.04. The number of phenolic OH excluding ortho intramolecular Hbond substituents is 1. The Kier molecular flexibility index (Phi) is 4.31. The van der Waals surface area contributed by atoms with E-state index in [0.717, 1.165) is 0 Å². The molecule has 0 heterocycles. The first-order valence-corrected chi connectivity index (χ1v) is 5.18. The minimum Gasteiger partial charge on any atom is -0.507 e. The number of carbonyl (C=O) groups excluding carboxylic acids is 1. The van der Waals surface area contributed by atoms with Gasteiger partial charge in [0.2, 0.25) is 0 Å². The van der Waals surface area contributed by atoms with E-state index in [0.29, 0.717) is 17.9 Å². The molecule has 0 unspecified atom stereocenters. The van der Waals surface area contributed by atoms with Gasteiger partial charge in [-0.2, -0.15) is 0 Å². The number of hydrogen-bond donors (Lipinski definition) is 1. The summed E-state index contributed by atoms with van der Waals surface area (Å²) in [6.45, 7) is 2.67. The van der Waals surface area contributed by atoms with Crippen LogP contribution in [-0.4, -0.2) is 43.0 Å². The number of carbonyl (C=O) groups is 1. The van der Waals surface area contributed by atoms with Crippen molar-refractivity contribution in [2.24, 2.45) is 0 Å². The van der Waals surface area contributed by atoms with Crippen LogP contribution < -0.4 is 4.74 Å². The summed E-state index contributed by atoms with van der Waals surface area (Å²) in [6, 6.07) is 4.74. The van der Waals surface area contributed by atoms with E-state index in [-0.39, 0.29) is 18.1 Å². The number of rotatable bonds is 5. The Bertz CT molecular complexity index is 375. The van der Waals surface area contributed by atoms with E-state index in [1.54, 1.807) is 17.0 Å². The normalized spacial score (nSPS) is 10.5. The van der Waals surface area contributed by atoms with Crippen molar-refractivity contribution < 1.29 is 14.6 Å². The van der Waals surface area contributed by atoms with E-state index >= 15 is 0 Å². The summed E-state index contributed by atoms with van der Waals surface area (Å²) in [5.41, 5.74) is 0.331. The van der Waals surface area contributed by atoms with Gasteiger partial charge in [0.15, 0.2) is 5.78 Å². The van der Waals surface area contributed by atoms with Gasteiger partial charge in [0.1, 0.15) is 11.5 Å². The summed E-state index contributed by atoms with van der Waals surface area (Å²) in [5, 5.41) is 9.68. The largest absolute Gasteiger partial charge is 0.507 e. The molecule has 88 valence electrons. The lowest BCUT2D eigenvalue weighted by Crippen LogP contribution is -2.21. The Balaban J connectivity index is 2.86. The molecule has 0 amide bonds. The van der Waals surface area contributed by atoms with Crippen LogP contribution in [0.5, 0.6) is 11.5 Å². The minimum absolute atomic E-state index is 0.0298. The van der Waals surface area contributed by atoms with Crippen LogP contribution in [0.1, 0.15) is 17.3 Å². The monoisotopic (exact) mass is 223 g/mol. The number of likely N-dealkylation sites (N-methyl/N-ethyl adjacent to an activating group) is 1. The predicted octanol–water partition coefficient (Wildman–Crippen LogP) is 1.54. The molecule has 0 aliphatic carbocycles. The molecule has 0 atom stereocenters. The SMILES string of the molecule is CCOc1ccc(C(=O)CN(C)C)c(O)c1. The number of aromatic hydroxyl groups is 1. The zero-order chi connectivity index (χ0) is 12.1. The van der Waals surface area contributed by atoms with Crippen molar-refractivity contribution in [3.63, 3.8) is 0 Å². The number of ether oxygens (including phenoxy) is 1. The van der Waals surface area contributed by atoms with Gasteiger partial charge >= 0.3 is 0 Å². The van der Waals surface area contributed by atoms with Crippen LogP contribution in [0, 0.1) is 0 Å². The summed E-state index contributed by atoms with van der Waals surface area (Å²) >= 11 is 0. The van der Waals surface area contributed by atoms with Crippen molar-refractivity contribution in [3.05, 3.63) is 23.8 Å². The number of benzene rings is 1. The van der Waals surface area contributed by atoms with Crippen LogP contribution in [-0.2, 0) is 0 Å². The molecule has 0 fully saturated rings. The van der Waals surface area contributed by atoms with Crippen molar-refractivity contribution in [1.82, 2.24) is 4.90 Å². The van der Waals surface area contributed by atoms with E-state index in [4.69, 9.17) is 4.74 Å². The van der Waals surface area contributed by atoms with Crippen molar-refractivity contribution in [2.75, 3.05) is 27.2 Å². The van der Waals surface area contributed by atoms with Gasteiger partial charge in [-0.25, -0.2) is 0 Å². The van der Waals surface area contributed by atoms with Gasteiger partial charge in [0, 0.05) is 6.07 Å². The smallest absolute Gasteiger partial charge is 0.180 e. The third kappa shape index (κ3) is 3.24. The Labute approximate surface area is 95.5 Å². The first-order valence-electron chi connectivity index (χ1n) is 5.18. The minimum atomic E-state index is -0.106. The maximum Gasteiger partial charge on any atom is 0.180 e. The summed E-state index contributed by atoms with van der Waals surface area (Å²) < 4.78 is 5.22. The lowest BCUT2D eigenvalue weighted by Gasteiger charge is -2.10. The number of ketones is 1. The maximum atomic E-state index is 11.7.